The van der Waals surface area contributed by atoms with Gasteiger partial charge in [0.15, 0.2) is 5.69 Å². The molecule has 0 bridgehead atoms. The van der Waals surface area contributed by atoms with Gasteiger partial charge in [-0.3, -0.25) is 4.48 Å². The van der Waals surface area contributed by atoms with E-state index in [1.165, 1.54) is 4.48 Å². The van der Waals surface area contributed by atoms with Crippen molar-refractivity contribution in [3.8, 4) is 11.1 Å². The average molecular weight is 196 g/mol. The topological polar surface area (TPSA) is 24.1 Å². The van der Waals surface area contributed by atoms with Crippen molar-refractivity contribution in [2.24, 2.45) is 0 Å². The molecule has 72 valence electrons. The Balaban J connectivity index is 2.46. The van der Waals surface area contributed by atoms with Crippen LogP contribution in [0.15, 0.2) is 48.7 Å². The quantitative estimate of drug-likeness (QED) is 0.713. The minimum atomic E-state index is -0.0584. The monoisotopic (exact) mass is 196 g/mol. The molecule has 2 rings (SSSR count). The van der Waals surface area contributed by atoms with Crippen LogP contribution in [0.5, 0.6) is 0 Å². The van der Waals surface area contributed by atoms with Gasteiger partial charge in [0.05, 0.1) is 0 Å². The van der Waals surface area contributed by atoms with Crippen molar-refractivity contribution in [2.45, 2.75) is 6.61 Å². The largest absolute Gasteiger partial charge is 0.586 e. The highest BCUT2D eigenvalue weighted by molar-refractivity contribution is 5.95. The van der Waals surface area contributed by atoms with E-state index in [1.807, 2.05) is 42.5 Å². The number of aromatic nitrogens is 1. The van der Waals surface area contributed by atoms with Crippen molar-refractivity contribution in [3.05, 3.63) is 54.4 Å². The first-order valence-corrected chi connectivity index (χ1v) is 4.77. The van der Waals surface area contributed by atoms with Gasteiger partial charge < -0.3 is 5.11 Å². The van der Waals surface area contributed by atoms with Gasteiger partial charge in [0.2, 0.25) is 0 Å². The second-order valence-electron chi connectivity index (χ2n) is 3.34. The normalized spacial score (nSPS) is 10.2. The summed E-state index contributed by atoms with van der Waals surface area (Å²) in [5.41, 5.74) is 2.87. The molecule has 0 saturated carbocycles. The van der Waals surface area contributed by atoms with Crippen LogP contribution in [0.2, 0.25) is 0 Å². The zero-order valence-corrected chi connectivity index (χ0v) is 8.30. The maximum Gasteiger partial charge on any atom is 0.586 e. The fourth-order valence-corrected chi connectivity index (χ4v) is 1.50. The minimum absolute atomic E-state index is 0.0584. The molecular weight excluding hydrogens is 185 g/mol. The molecular formula is C12H11BNO+. The summed E-state index contributed by atoms with van der Waals surface area (Å²) in [5, 5.41) is 9.09. The van der Waals surface area contributed by atoms with Crippen molar-refractivity contribution in [1.82, 2.24) is 0 Å². The highest BCUT2D eigenvalue weighted by Gasteiger charge is 2.06. The standard InChI is InChI=1S/C12H11BNO/c13-14-7-6-11(8-12(14)9-15)10-4-2-1-3-5-10/h1-8,15H,9H2/q+1. The predicted molar refractivity (Wildman–Crippen MR) is 59.1 cm³/mol. The van der Waals surface area contributed by atoms with Crippen LogP contribution in [-0.2, 0) is 6.61 Å². The summed E-state index contributed by atoms with van der Waals surface area (Å²) in [4.78, 5) is 0. The molecule has 1 aromatic heterocycles. The van der Waals surface area contributed by atoms with Crippen LogP contribution in [0.25, 0.3) is 11.1 Å². The number of nitrogens with zero attached hydrogens (tertiary/aromatic N) is 1. The van der Waals surface area contributed by atoms with Gasteiger partial charge in [0.1, 0.15) is 12.8 Å². The summed E-state index contributed by atoms with van der Waals surface area (Å²) in [6.07, 6.45) is 1.74. The summed E-state index contributed by atoms with van der Waals surface area (Å²) >= 11 is 0. The molecule has 2 aromatic rings. The van der Waals surface area contributed by atoms with Gasteiger partial charge in [0.25, 0.3) is 0 Å². The first-order chi connectivity index (χ1) is 7.31. The Kier molecular flexibility index (Phi) is 2.83. The number of aliphatic hydroxyl groups excluding tert-OH is 1. The van der Waals surface area contributed by atoms with Crippen LogP contribution in [0.1, 0.15) is 5.69 Å². The Morgan fingerprint density at radius 1 is 1.07 bits per heavy atom. The van der Waals surface area contributed by atoms with Gasteiger partial charge in [0, 0.05) is 12.1 Å². The van der Waals surface area contributed by atoms with Crippen LogP contribution in [0, 0.1) is 0 Å². The molecule has 0 unspecified atom stereocenters. The van der Waals surface area contributed by atoms with Gasteiger partial charge >= 0.3 is 7.98 Å². The zero-order chi connectivity index (χ0) is 10.7. The van der Waals surface area contributed by atoms with Gasteiger partial charge in [-0.15, -0.1) is 0 Å². The molecule has 0 aliphatic heterocycles. The first kappa shape index (κ1) is 9.93. The highest BCUT2D eigenvalue weighted by Crippen LogP contribution is 2.17. The Labute approximate surface area is 90.3 Å². The maximum atomic E-state index is 9.09. The van der Waals surface area contributed by atoms with Crippen LogP contribution in [0.3, 0.4) is 0 Å². The van der Waals surface area contributed by atoms with Crippen molar-refractivity contribution in [3.63, 3.8) is 0 Å². The molecule has 2 nitrogen and oxygen atoms in total. The zero-order valence-electron chi connectivity index (χ0n) is 8.30. The van der Waals surface area contributed by atoms with Gasteiger partial charge in [-0.05, 0) is 11.1 Å². The molecule has 0 saturated heterocycles. The van der Waals surface area contributed by atoms with Crippen LogP contribution in [-0.4, -0.2) is 13.1 Å². The third-order valence-corrected chi connectivity index (χ3v) is 2.34. The van der Waals surface area contributed by atoms with E-state index in [1.54, 1.807) is 6.20 Å². The highest BCUT2D eigenvalue weighted by atomic mass is 16.3. The molecule has 0 amide bonds. The summed E-state index contributed by atoms with van der Waals surface area (Å²) in [6, 6.07) is 13.8. The lowest BCUT2D eigenvalue weighted by atomic mass is 10.1. The molecule has 2 radical (unpaired) electrons. The number of hydrogen-bond donors (Lipinski definition) is 1. The molecule has 1 aromatic carbocycles. The number of hydrogen-bond acceptors (Lipinski definition) is 1. The minimum Gasteiger partial charge on any atom is -0.385 e. The molecule has 1 N–H and O–H groups in total. The first-order valence-electron chi connectivity index (χ1n) is 4.77. The van der Waals surface area contributed by atoms with Gasteiger partial charge in [-0.2, -0.15) is 0 Å². The SMILES string of the molecule is [B][n+]1ccc(-c2ccccc2)cc1CO. The second kappa shape index (κ2) is 4.28. The Morgan fingerprint density at radius 2 is 1.80 bits per heavy atom. The lowest BCUT2D eigenvalue weighted by Gasteiger charge is -2.02. The van der Waals surface area contributed by atoms with E-state index >= 15 is 0 Å². The van der Waals surface area contributed by atoms with Crippen LogP contribution in [0.4, 0.5) is 0 Å². The number of pyridine rings is 1. The second-order valence-corrected chi connectivity index (χ2v) is 3.34. The van der Waals surface area contributed by atoms with E-state index in [4.69, 9.17) is 13.1 Å². The summed E-state index contributed by atoms with van der Waals surface area (Å²) in [5.74, 6) is 0. The molecule has 0 aliphatic rings. The molecule has 1 heterocycles. The van der Waals surface area contributed by atoms with Crippen LogP contribution < -0.4 is 4.48 Å². The summed E-state index contributed by atoms with van der Waals surface area (Å²) < 4.78 is 1.42. The van der Waals surface area contributed by atoms with E-state index in [9.17, 15) is 0 Å². The van der Waals surface area contributed by atoms with E-state index in [-0.39, 0.29) is 6.61 Å². The molecule has 3 heteroatoms. The third-order valence-electron chi connectivity index (χ3n) is 2.34. The molecule has 0 atom stereocenters. The Bertz CT molecular complexity index is 456. The summed E-state index contributed by atoms with van der Waals surface area (Å²) in [6.45, 7) is -0.0584. The Hall–Kier alpha value is -1.61. The van der Waals surface area contributed by atoms with E-state index in [0.29, 0.717) is 5.69 Å². The lowest BCUT2D eigenvalue weighted by Crippen LogP contribution is -2.35. The fourth-order valence-electron chi connectivity index (χ4n) is 1.50. The number of benzene rings is 1. The smallest absolute Gasteiger partial charge is 0.385 e. The average Bonchev–Trinajstić information content (AvgIpc) is 2.31. The number of rotatable bonds is 2. The van der Waals surface area contributed by atoms with Crippen molar-refractivity contribution >= 4 is 7.98 Å². The summed E-state index contributed by atoms with van der Waals surface area (Å²) in [7, 11) is 5.63. The molecule has 0 aliphatic carbocycles. The Morgan fingerprint density at radius 3 is 2.47 bits per heavy atom. The van der Waals surface area contributed by atoms with Gasteiger partial charge in [-0.1, -0.05) is 30.3 Å². The van der Waals surface area contributed by atoms with E-state index in [0.717, 1.165) is 11.1 Å². The van der Waals surface area contributed by atoms with Gasteiger partial charge in [-0.25, -0.2) is 0 Å². The van der Waals surface area contributed by atoms with E-state index < -0.39 is 0 Å². The van der Waals surface area contributed by atoms with Crippen molar-refractivity contribution < 1.29 is 9.58 Å². The number of aliphatic hydroxyl groups is 1. The molecule has 0 fully saturated rings. The third kappa shape index (κ3) is 2.08. The molecule has 0 spiro atoms. The van der Waals surface area contributed by atoms with Crippen molar-refractivity contribution in [1.29, 1.82) is 0 Å². The van der Waals surface area contributed by atoms with Crippen molar-refractivity contribution in [2.75, 3.05) is 0 Å². The van der Waals surface area contributed by atoms with E-state index in [2.05, 4.69) is 0 Å². The lowest BCUT2D eigenvalue weighted by molar-refractivity contribution is -0.534. The maximum absolute atomic E-state index is 9.09. The fraction of sp³-hybridized carbons (Fsp3) is 0.0833. The van der Waals surface area contributed by atoms with Crippen LogP contribution >= 0.6 is 0 Å². The predicted octanol–water partition coefficient (Wildman–Crippen LogP) is 1.06. The molecule has 15 heavy (non-hydrogen) atoms.